The van der Waals surface area contributed by atoms with Gasteiger partial charge in [0.1, 0.15) is 11.9 Å². The van der Waals surface area contributed by atoms with E-state index >= 15 is 0 Å². The van der Waals surface area contributed by atoms with Gasteiger partial charge in [-0.25, -0.2) is 4.98 Å². The Balaban J connectivity index is 2.01. The van der Waals surface area contributed by atoms with E-state index in [0.717, 1.165) is 11.3 Å². The van der Waals surface area contributed by atoms with Crippen molar-refractivity contribution in [1.82, 2.24) is 9.97 Å². The van der Waals surface area contributed by atoms with E-state index in [4.69, 9.17) is 0 Å². The molecule has 0 fully saturated rings. The van der Waals surface area contributed by atoms with Crippen molar-refractivity contribution >= 4 is 17.5 Å². The normalized spacial score (nSPS) is 11.7. The molecule has 3 aromatic rings. The Labute approximate surface area is 164 Å². The molecular formula is C22H23N5O. The van der Waals surface area contributed by atoms with E-state index in [0.29, 0.717) is 23.0 Å². The highest BCUT2D eigenvalue weighted by Gasteiger charge is 2.15. The molecule has 0 aliphatic heterocycles. The van der Waals surface area contributed by atoms with E-state index in [2.05, 4.69) is 26.7 Å². The molecule has 0 aliphatic carbocycles. The highest BCUT2D eigenvalue weighted by molar-refractivity contribution is 5.70. The maximum Gasteiger partial charge on any atom is 0.225 e. The van der Waals surface area contributed by atoms with Gasteiger partial charge in [-0.3, -0.25) is 0 Å². The van der Waals surface area contributed by atoms with Crippen LogP contribution in [0, 0.1) is 17.2 Å². The minimum Gasteiger partial charge on any atom is -0.394 e. The summed E-state index contributed by atoms with van der Waals surface area (Å²) in [5.74, 6) is 1.20. The lowest BCUT2D eigenvalue weighted by Crippen LogP contribution is -2.30. The molecule has 0 amide bonds. The third kappa shape index (κ3) is 4.64. The Hall–Kier alpha value is -3.43. The van der Waals surface area contributed by atoms with Crippen LogP contribution < -0.4 is 10.6 Å². The fourth-order valence-electron chi connectivity index (χ4n) is 2.75. The Bertz CT molecular complexity index is 966. The lowest BCUT2D eigenvalue weighted by Gasteiger charge is -2.21. The molecule has 0 saturated carbocycles. The molecular weight excluding hydrogens is 350 g/mol. The van der Waals surface area contributed by atoms with Crippen molar-refractivity contribution in [2.75, 3.05) is 17.2 Å². The fourth-order valence-corrected chi connectivity index (χ4v) is 2.75. The average molecular weight is 373 g/mol. The zero-order chi connectivity index (χ0) is 19.9. The molecule has 3 rings (SSSR count). The van der Waals surface area contributed by atoms with Gasteiger partial charge in [-0.05, 0) is 18.1 Å². The summed E-state index contributed by atoms with van der Waals surface area (Å²) in [5, 5.41) is 25.4. The zero-order valence-corrected chi connectivity index (χ0v) is 15.9. The van der Waals surface area contributed by atoms with Crippen LogP contribution in [-0.2, 0) is 0 Å². The molecule has 0 radical (unpaired) electrons. The minimum absolute atomic E-state index is 0.0172. The molecule has 0 unspecified atom stereocenters. The number of anilines is 3. The summed E-state index contributed by atoms with van der Waals surface area (Å²) in [7, 11) is 0. The first-order chi connectivity index (χ1) is 13.6. The van der Waals surface area contributed by atoms with Crippen LogP contribution in [0.25, 0.3) is 11.3 Å². The average Bonchev–Trinajstić information content (AvgIpc) is 2.72. The summed E-state index contributed by atoms with van der Waals surface area (Å²) in [4.78, 5) is 9.17. The summed E-state index contributed by atoms with van der Waals surface area (Å²) in [6, 6.07) is 20.9. The van der Waals surface area contributed by atoms with Gasteiger partial charge in [0.25, 0.3) is 0 Å². The SMILES string of the molecule is CC(C)[C@@H](CO)Nc1nc(Nc2ccccc2C#N)cc(-c2ccccc2)n1. The van der Waals surface area contributed by atoms with Crippen molar-refractivity contribution in [3.8, 4) is 17.3 Å². The van der Waals surface area contributed by atoms with Crippen molar-refractivity contribution in [2.45, 2.75) is 19.9 Å². The second kappa shape index (κ2) is 8.98. The Morgan fingerprint density at radius 1 is 1.04 bits per heavy atom. The lowest BCUT2D eigenvalue weighted by atomic mass is 10.1. The standard InChI is InChI=1S/C22H23N5O/c1-15(2)20(14-28)26-22-25-19(16-8-4-3-5-9-16)12-21(27-22)24-18-11-7-6-10-17(18)13-23/h3-12,15,20,28H,14H2,1-2H3,(H2,24,25,26,27)/t20-/m1/s1. The molecule has 0 aliphatic rings. The topological polar surface area (TPSA) is 93.9 Å². The number of aliphatic hydroxyl groups is 1. The van der Waals surface area contributed by atoms with E-state index in [-0.39, 0.29) is 18.6 Å². The number of aliphatic hydroxyl groups excluding tert-OH is 1. The number of hydrogen-bond donors (Lipinski definition) is 3. The first-order valence-electron chi connectivity index (χ1n) is 9.18. The highest BCUT2D eigenvalue weighted by atomic mass is 16.3. The smallest absolute Gasteiger partial charge is 0.225 e. The Morgan fingerprint density at radius 2 is 1.75 bits per heavy atom. The van der Waals surface area contributed by atoms with Gasteiger partial charge in [-0.1, -0.05) is 56.3 Å². The molecule has 1 atom stereocenters. The molecule has 0 spiro atoms. The third-order valence-corrected chi connectivity index (χ3v) is 4.42. The lowest BCUT2D eigenvalue weighted by molar-refractivity contribution is 0.248. The van der Waals surface area contributed by atoms with Crippen LogP contribution >= 0.6 is 0 Å². The minimum atomic E-state index is -0.162. The van der Waals surface area contributed by atoms with Gasteiger partial charge in [-0.15, -0.1) is 0 Å². The van der Waals surface area contributed by atoms with Crippen LogP contribution in [0.15, 0.2) is 60.7 Å². The third-order valence-electron chi connectivity index (χ3n) is 4.42. The van der Waals surface area contributed by atoms with Crippen LogP contribution in [0.1, 0.15) is 19.4 Å². The monoisotopic (exact) mass is 373 g/mol. The Morgan fingerprint density at radius 3 is 2.43 bits per heavy atom. The van der Waals surface area contributed by atoms with Crippen LogP contribution in [0.3, 0.4) is 0 Å². The number of benzene rings is 2. The summed E-state index contributed by atoms with van der Waals surface area (Å²) in [6.45, 7) is 4.03. The molecule has 2 aromatic carbocycles. The highest BCUT2D eigenvalue weighted by Crippen LogP contribution is 2.25. The van der Waals surface area contributed by atoms with Crippen LogP contribution in [0.4, 0.5) is 17.5 Å². The van der Waals surface area contributed by atoms with E-state index < -0.39 is 0 Å². The van der Waals surface area contributed by atoms with Gasteiger partial charge < -0.3 is 15.7 Å². The number of para-hydroxylation sites is 1. The van der Waals surface area contributed by atoms with Crippen molar-refractivity contribution in [3.63, 3.8) is 0 Å². The Kier molecular flexibility index (Phi) is 6.20. The number of nitriles is 1. The van der Waals surface area contributed by atoms with Crippen molar-refractivity contribution in [3.05, 3.63) is 66.2 Å². The van der Waals surface area contributed by atoms with Crippen LogP contribution in [-0.4, -0.2) is 27.7 Å². The first kappa shape index (κ1) is 19.3. The number of rotatable bonds is 7. The number of hydrogen-bond acceptors (Lipinski definition) is 6. The maximum atomic E-state index is 9.65. The number of nitrogens with one attached hydrogen (secondary N) is 2. The number of nitrogens with zero attached hydrogens (tertiary/aromatic N) is 3. The molecule has 28 heavy (non-hydrogen) atoms. The van der Waals surface area contributed by atoms with E-state index in [9.17, 15) is 10.4 Å². The number of aromatic nitrogens is 2. The van der Waals surface area contributed by atoms with Gasteiger partial charge >= 0.3 is 0 Å². The predicted octanol–water partition coefficient (Wildman–Crippen LogP) is 4.19. The fraction of sp³-hybridized carbons (Fsp3) is 0.227. The molecule has 0 bridgehead atoms. The van der Waals surface area contributed by atoms with E-state index in [1.807, 2.05) is 68.4 Å². The molecule has 3 N–H and O–H groups in total. The molecule has 142 valence electrons. The van der Waals surface area contributed by atoms with Gasteiger partial charge in [0, 0.05) is 11.6 Å². The van der Waals surface area contributed by atoms with Crippen molar-refractivity contribution < 1.29 is 5.11 Å². The van der Waals surface area contributed by atoms with Gasteiger partial charge in [0.15, 0.2) is 0 Å². The second-order valence-electron chi connectivity index (χ2n) is 6.79. The van der Waals surface area contributed by atoms with E-state index in [1.54, 1.807) is 6.07 Å². The zero-order valence-electron chi connectivity index (χ0n) is 15.9. The quantitative estimate of drug-likeness (QED) is 0.575. The molecule has 6 heteroatoms. The molecule has 0 saturated heterocycles. The van der Waals surface area contributed by atoms with Crippen molar-refractivity contribution in [2.24, 2.45) is 5.92 Å². The van der Waals surface area contributed by atoms with Gasteiger partial charge in [0.2, 0.25) is 5.95 Å². The van der Waals surface area contributed by atoms with E-state index in [1.165, 1.54) is 0 Å². The molecule has 6 nitrogen and oxygen atoms in total. The predicted molar refractivity (Wildman–Crippen MR) is 111 cm³/mol. The van der Waals surface area contributed by atoms with Gasteiger partial charge in [0.05, 0.1) is 29.6 Å². The largest absolute Gasteiger partial charge is 0.394 e. The molecule has 1 heterocycles. The van der Waals surface area contributed by atoms with Gasteiger partial charge in [-0.2, -0.15) is 10.2 Å². The van der Waals surface area contributed by atoms with Crippen molar-refractivity contribution in [1.29, 1.82) is 5.26 Å². The second-order valence-corrected chi connectivity index (χ2v) is 6.79. The van der Waals surface area contributed by atoms with Crippen LogP contribution in [0.2, 0.25) is 0 Å². The van der Waals surface area contributed by atoms with Crippen LogP contribution in [0.5, 0.6) is 0 Å². The first-order valence-corrected chi connectivity index (χ1v) is 9.18. The maximum absolute atomic E-state index is 9.65. The summed E-state index contributed by atoms with van der Waals surface area (Å²) in [5.41, 5.74) is 2.91. The summed E-state index contributed by atoms with van der Waals surface area (Å²) in [6.07, 6.45) is 0. The molecule has 1 aromatic heterocycles. The summed E-state index contributed by atoms with van der Waals surface area (Å²) >= 11 is 0. The summed E-state index contributed by atoms with van der Waals surface area (Å²) < 4.78 is 0.